The van der Waals surface area contributed by atoms with Gasteiger partial charge in [-0.05, 0) is 49.8 Å². The summed E-state index contributed by atoms with van der Waals surface area (Å²) in [6.45, 7) is 5.82. The lowest BCUT2D eigenvalue weighted by Gasteiger charge is -2.46. The topological polar surface area (TPSA) is 52.6 Å². The SMILES string of the molecule is C=C1CCC2CC1OO[C@@]2(C)CS(=O)(=O)c1ccccc1. The summed E-state index contributed by atoms with van der Waals surface area (Å²) in [6.07, 6.45) is 2.48. The molecule has 2 bridgehead atoms. The molecule has 21 heavy (non-hydrogen) atoms. The highest BCUT2D eigenvalue weighted by molar-refractivity contribution is 7.91. The largest absolute Gasteiger partial charge is 0.228 e. The molecule has 2 unspecified atom stereocenters. The fourth-order valence-corrected chi connectivity index (χ4v) is 4.97. The molecule has 4 nitrogen and oxygen atoms in total. The molecular formula is C16H20O4S. The van der Waals surface area contributed by atoms with Crippen molar-refractivity contribution in [2.75, 3.05) is 5.75 Å². The molecule has 1 aliphatic carbocycles. The first-order chi connectivity index (χ1) is 9.91. The van der Waals surface area contributed by atoms with Crippen LogP contribution in [-0.4, -0.2) is 25.9 Å². The number of benzene rings is 1. The van der Waals surface area contributed by atoms with Crippen LogP contribution in [0.4, 0.5) is 0 Å². The molecule has 2 fully saturated rings. The van der Waals surface area contributed by atoms with Crippen molar-refractivity contribution in [3.8, 4) is 0 Å². The third-order valence-corrected chi connectivity index (χ3v) is 6.51. The van der Waals surface area contributed by atoms with E-state index in [0.717, 1.165) is 24.8 Å². The average Bonchev–Trinajstić information content (AvgIpc) is 2.46. The van der Waals surface area contributed by atoms with E-state index in [1.807, 2.05) is 6.92 Å². The fourth-order valence-electron chi connectivity index (χ4n) is 3.19. The molecule has 0 aromatic heterocycles. The number of rotatable bonds is 3. The predicted octanol–water partition coefficient (Wildman–Crippen LogP) is 2.91. The Bertz CT molecular complexity index is 638. The molecule has 1 saturated heterocycles. The summed E-state index contributed by atoms with van der Waals surface area (Å²) in [5.74, 6) is 0.119. The van der Waals surface area contributed by atoms with Gasteiger partial charge in [-0.2, -0.15) is 0 Å². The lowest BCUT2D eigenvalue weighted by atomic mass is 9.75. The molecule has 1 saturated carbocycles. The third kappa shape index (κ3) is 2.78. The van der Waals surface area contributed by atoms with Gasteiger partial charge in [0.2, 0.25) is 0 Å². The van der Waals surface area contributed by atoms with Gasteiger partial charge in [0.15, 0.2) is 9.84 Å². The summed E-state index contributed by atoms with van der Waals surface area (Å²) >= 11 is 0. The Morgan fingerprint density at radius 2 is 2.05 bits per heavy atom. The first-order valence-electron chi connectivity index (χ1n) is 7.21. The van der Waals surface area contributed by atoms with Gasteiger partial charge >= 0.3 is 0 Å². The maximum Gasteiger partial charge on any atom is 0.181 e. The van der Waals surface area contributed by atoms with Gasteiger partial charge in [-0.1, -0.05) is 24.8 Å². The molecule has 0 spiro atoms. The van der Waals surface area contributed by atoms with Gasteiger partial charge in [-0.15, -0.1) is 0 Å². The van der Waals surface area contributed by atoms with Crippen molar-refractivity contribution >= 4 is 9.84 Å². The second-order valence-electron chi connectivity index (χ2n) is 6.18. The Kier molecular flexibility index (Phi) is 3.67. The minimum absolute atomic E-state index is 0.0616. The summed E-state index contributed by atoms with van der Waals surface area (Å²) in [6, 6.07) is 8.50. The van der Waals surface area contributed by atoms with E-state index < -0.39 is 15.4 Å². The van der Waals surface area contributed by atoms with Gasteiger partial charge in [0.1, 0.15) is 11.7 Å². The molecular weight excluding hydrogens is 288 g/mol. The van der Waals surface area contributed by atoms with E-state index in [0.29, 0.717) is 4.90 Å². The van der Waals surface area contributed by atoms with Crippen molar-refractivity contribution in [3.63, 3.8) is 0 Å². The highest BCUT2D eigenvalue weighted by Gasteiger charge is 2.48. The molecule has 2 aliphatic rings. The second kappa shape index (κ2) is 5.23. The lowest BCUT2D eigenvalue weighted by Crippen LogP contribution is -2.52. The van der Waals surface area contributed by atoms with Crippen LogP contribution in [0.2, 0.25) is 0 Å². The van der Waals surface area contributed by atoms with Crippen LogP contribution in [0.1, 0.15) is 26.2 Å². The summed E-state index contributed by atoms with van der Waals surface area (Å²) in [5, 5.41) is 0. The van der Waals surface area contributed by atoms with Crippen LogP contribution in [-0.2, 0) is 19.6 Å². The van der Waals surface area contributed by atoms with Gasteiger partial charge in [0.05, 0.1) is 10.6 Å². The predicted molar refractivity (Wildman–Crippen MR) is 79.3 cm³/mol. The third-order valence-electron chi connectivity index (χ3n) is 4.57. The Morgan fingerprint density at radius 3 is 2.76 bits per heavy atom. The van der Waals surface area contributed by atoms with E-state index >= 15 is 0 Å². The van der Waals surface area contributed by atoms with E-state index in [4.69, 9.17) is 9.78 Å². The fraction of sp³-hybridized carbons (Fsp3) is 0.500. The molecule has 3 rings (SSSR count). The van der Waals surface area contributed by atoms with Gasteiger partial charge < -0.3 is 0 Å². The highest BCUT2D eigenvalue weighted by atomic mass is 32.2. The van der Waals surface area contributed by atoms with E-state index in [2.05, 4.69) is 6.58 Å². The Balaban J connectivity index is 1.82. The molecule has 0 N–H and O–H groups in total. The summed E-state index contributed by atoms with van der Waals surface area (Å²) in [5.41, 5.74) is 0.241. The molecule has 0 radical (unpaired) electrons. The zero-order chi connectivity index (χ0) is 15.1. The van der Waals surface area contributed by atoms with Crippen molar-refractivity contribution in [1.29, 1.82) is 0 Å². The van der Waals surface area contributed by atoms with Crippen LogP contribution in [0.15, 0.2) is 47.4 Å². The van der Waals surface area contributed by atoms with Gasteiger partial charge in [-0.3, -0.25) is 0 Å². The first-order valence-corrected chi connectivity index (χ1v) is 8.86. The van der Waals surface area contributed by atoms with Gasteiger partial charge in [-0.25, -0.2) is 18.2 Å². The molecule has 114 valence electrons. The minimum atomic E-state index is -3.40. The van der Waals surface area contributed by atoms with E-state index in [9.17, 15) is 8.42 Å². The molecule has 1 aliphatic heterocycles. The number of fused-ring (bicyclic) bond motifs is 2. The number of hydrogen-bond acceptors (Lipinski definition) is 4. The number of sulfone groups is 1. The summed E-state index contributed by atoms with van der Waals surface area (Å²) in [4.78, 5) is 11.2. The summed E-state index contributed by atoms with van der Waals surface area (Å²) < 4.78 is 25.2. The zero-order valence-corrected chi connectivity index (χ0v) is 12.9. The minimum Gasteiger partial charge on any atom is -0.228 e. The first kappa shape index (κ1) is 14.8. The van der Waals surface area contributed by atoms with Crippen molar-refractivity contribution < 1.29 is 18.2 Å². The van der Waals surface area contributed by atoms with E-state index in [1.54, 1.807) is 30.3 Å². The number of hydrogen-bond donors (Lipinski definition) is 0. The smallest absolute Gasteiger partial charge is 0.181 e. The van der Waals surface area contributed by atoms with Crippen LogP contribution >= 0.6 is 0 Å². The average molecular weight is 308 g/mol. The van der Waals surface area contributed by atoms with Crippen LogP contribution < -0.4 is 0 Å². The van der Waals surface area contributed by atoms with Gasteiger partial charge in [0, 0.05) is 0 Å². The molecule has 1 aromatic rings. The van der Waals surface area contributed by atoms with E-state index in [-0.39, 0.29) is 17.8 Å². The van der Waals surface area contributed by atoms with Crippen molar-refractivity contribution in [3.05, 3.63) is 42.5 Å². The molecule has 5 heteroatoms. The Labute approximate surface area is 125 Å². The monoisotopic (exact) mass is 308 g/mol. The zero-order valence-electron chi connectivity index (χ0n) is 12.1. The van der Waals surface area contributed by atoms with Crippen LogP contribution in [0.25, 0.3) is 0 Å². The van der Waals surface area contributed by atoms with E-state index in [1.165, 1.54) is 0 Å². The highest BCUT2D eigenvalue weighted by Crippen LogP contribution is 2.43. The molecule has 0 amide bonds. The molecule has 1 heterocycles. The molecule has 3 atom stereocenters. The quantitative estimate of drug-likeness (QED) is 0.636. The maximum absolute atomic E-state index is 12.6. The van der Waals surface area contributed by atoms with Crippen molar-refractivity contribution in [1.82, 2.24) is 0 Å². The standard InChI is InChI=1S/C16H20O4S/c1-12-8-9-13-10-15(12)19-20-16(13,2)11-21(17,18)14-6-4-3-5-7-14/h3-7,13,15H,1,8-11H2,2H3/t13?,15?,16-/m0/s1. The van der Waals surface area contributed by atoms with Crippen LogP contribution in [0.5, 0.6) is 0 Å². The normalized spacial score (nSPS) is 32.9. The Hall–Kier alpha value is -1.17. The molecule has 1 aromatic carbocycles. The van der Waals surface area contributed by atoms with Crippen LogP contribution in [0.3, 0.4) is 0 Å². The van der Waals surface area contributed by atoms with Crippen LogP contribution in [0, 0.1) is 5.92 Å². The summed E-state index contributed by atoms with van der Waals surface area (Å²) in [7, 11) is -3.40. The Morgan fingerprint density at radius 1 is 1.33 bits per heavy atom. The maximum atomic E-state index is 12.6. The van der Waals surface area contributed by atoms with Gasteiger partial charge in [0.25, 0.3) is 0 Å². The lowest BCUT2D eigenvalue weighted by molar-refractivity contribution is -0.411. The van der Waals surface area contributed by atoms with Crippen molar-refractivity contribution in [2.45, 2.75) is 42.8 Å². The second-order valence-corrected chi connectivity index (χ2v) is 8.17. The van der Waals surface area contributed by atoms with Crippen molar-refractivity contribution in [2.24, 2.45) is 5.92 Å².